The molecule has 1 rings (SSSR count). The molecule has 1 N–H and O–H groups in total. The summed E-state index contributed by atoms with van der Waals surface area (Å²) < 4.78 is 1.85. The Morgan fingerprint density at radius 3 is 2.93 bits per heavy atom. The molecule has 1 heterocycles. The average molecular weight is 227 g/mol. The number of thioether (sulfide) groups is 1. The molecule has 0 saturated carbocycles. The Labute approximate surface area is 96.6 Å². The Bertz CT molecular complexity index is 273. The zero-order valence-electron chi connectivity index (χ0n) is 9.86. The minimum absolute atomic E-state index is 0.760. The van der Waals surface area contributed by atoms with Gasteiger partial charge >= 0.3 is 0 Å². The quantitative estimate of drug-likeness (QED) is 0.719. The van der Waals surface area contributed by atoms with E-state index in [1.165, 1.54) is 12.0 Å². The van der Waals surface area contributed by atoms with Crippen molar-refractivity contribution in [2.75, 3.05) is 19.3 Å². The van der Waals surface area contributed by atoms with Crippen molar-refractivity contribution in [1.29, 1.82) is 0 Å². The zero-order chi connectivity index (χ0) is 11.1. The number of hydrogen-bond acceptors (Lipinski definition) is 3. The second-order valence-electron chi connectivity index (χ2n) is 3.86. The fourth-order valence-electron chi connectivity index (χ4n) is 1.38. The summed E-state index contributed by atoms with van der Waals surface area (Å²) in [6.45, 7) is 4.43. The predicted octanol–water partition coefficient (Wildman–Crippen LogP) is 1.69. The first-order valence-electron chi connectivity index (χ1n) is 5.43. The summed E-state index contributed by atoms with van der Waals surface area (Å²) in [5.74, 6) is 0. The van der Waals surface area contributed by atoms with Crippen molar-refractivity contribution in [3.8, 4) is 0 Å². The van der Waals surface area contributed by atoms with Gasteiger partial charge in [0, 0.05) is 18.5 Å². The van der Waals surface area contributed by atoms with E-state index in [0.717, 1.165) is 24.8 Å². The molecule has 4 heteroatoms. The lowest BCUT2D eigenvalue weighted by molar-refractivity contribution is 0.646. The fraction of sp³-hybridized carbons (Fsp3) is 0.727. The lowest BCUT2D eigenvalue weighted by Crippen LogP contribution is -2.20. The van der Waals surface area contributed by atoms with Crippen LogP contribution in [0, 0.1) is 0 Å². The van der Waals surface area contributed by atoms with Crippen molar-refractivity contribution in [2.24, 2.45) is 7.05 Å². The van der Waals surface area contributed by atoms with E-state index in [9.17, 15) is 0 Å². The molecule has 86 valence electrons. The Balaban J connectivity index is 2.02. The molecule has 0 aromatic carbocycles. The van der Waals surface area contributed by atoms with Gasteiger partial charge in [-0.05, 0) is 37.8 Å². The summed E-state index contributed by atoms with van der Waals surface area (Å²) >= 11 is 1.93. The molecule has 0 aliphatic carbocycles. The molecule has 1 atom stereocenters. The van der Waals surface area contributed by atoms with E-state index < -0.39 is 0 Å². The van der Waals surface area contributed by atoms with Crippen molar-refractivity contribution in [1.82, 2.24) is 15.1 Å². The highest BCUT2D eigenvalue weighted by Gasteiger charge is 1.99. The third kappa shape index (κ3) is 5.23. The van der Waals surface area contributed by atoms with Crippen LogP contribution >= 0.6 is 11.8 Å². The molecule has 0 fully saturated rings. The third-order valence-corrected chi connectivity index (χ3v) is 3.52. The lowest BCUT2D eigenvalue weighted by Gasteiger charge is -2.08. The lowest BCUT2D eigenvalue weighted by atomic mass is 10.2. The standard InChI is InChI=1S/C11H21N3S/c1-10(15-3)4-6-12-7-5-11-8-13-14(2)9-11/h8-10,12H,4-7H2,1-3H3. The van der Waals surface area contributed by atoms with E-state index in [0.29, 0.717) is 0 Å². The van der Waals surface area contributed by atoms with Gasteiger partial charge in [-0.25, -0.2) is 0 Å². The number of aromatic nitrogens is 2. The smallest absolute Gasteiger partial charge is 0.0522 e. The summed E-state index contributed by atoms with van der Waals surface area (Å²) in [5.41, 5.74) is 1.31. The van der Waals surface area contributed by atoms with Crippen LogP contribution in [0.2, 0.25) is 0 Å². The maximum absolute atomic E-state index is 4.14. The second kappa shape index (κ2) is 6.90. The van der Waals surface area contributed by atoms with Gasteiger partial charge in [-0.15, -0.1) is 0 Å². The highest BCUT2D eigenvalue weighted by Crippen LogP contribution is 2.07. The summed E-state index contributed by atoms with van der Waals surface area (Å²) in [6, 6.07) is 0. The number of aryl methyl sites for hydroxylation is 1. The Kier molecular flexibility index (Phi) is 5.79. The molecule has 1 unspecified atom stereocenters. The van der Waals surface area contributed by atoms with Crippen molar-refractivity contribution in [2.45, 2.75) is 25.0 Å². The van der Waals surface area contributed by atoms with Gasteiger partial charge in [0.15, 0.2) is 0 Å². The molecule has 0 radical (unpaired) electrons. The maximum atomic E-state index is 4.14. The summed E-state index contributed by atoms with van der Waals surface area (Å²) in [7, 11) is 1.96. The van der Waals surface area contributed by atoms with Crippen LogP contribution in [0.3, 0.4) is 0 Å². The monoisotopic (exact) mass is 227 g/mol. The van der Waals surface area contributed by atoms with Gasteiger partial charge in [0.05, 0.1) is 6.20 Å². The van der Waals surface area contributed by atoms with Crippen molar-refractivity contribution in [3.05, 3.63) is 18.0 Å². The average Bonchev–Trinajstić information content (AvgIpc) is 2.63. The van der Waals surface area contributed by atoms with Crippen LogP contribution in [-0.4, -0.2) is 34.4 Å². The van der Waals surface area contributed by atoms with Crippen LogP contribution in [0.15, 0.2) is 12.4 Å². The highest BCUT2D eigenvalue weighted by atomic mass is 32.2. The zero-order valence-corrected chi connectivity index (χ0v) is 10.7. The number of rotatable bonds is 7. The SMILES string of the molecule is CSC(C)CCNCCc1cnn(C)c1. The van der Waals surface area contributed by atoms with Crippen LogP contribution in [0.5, 0.6) is 0 Å². The van der Waals surface area contributed by atoms with Crippen molar-refractivity contribution in [3.63, 3.8) is 0 Å². The van der Waals surface area contributed by atoms with Crippen LogP contribution in [-0.2, 0) is 13.5 Å². The first-order valence-corrected chi connectivity index (χ1v) is 6.72. The molecule has 0 amide bonds. The summed E-state index contributed by atoms with van der Waals surface area (Å²) in [6.07, 6.45) is 8.49. The summed E-state index contributed by atoms with van der Waals surface area (Å²) in [5, 5.41) is 8.36. The molecule has 0 aliphatic heterocycles. The minimum Gasteiger partial charge on any atom is -0.316 e. The molecule has 15 heavy (non-hydrogen) atoms. The molecular formula is C11H21N3S. The molecule has 0 saturated heterocycles. The Hall–Kier alpha value is -0.480. The molecule has 0 bridgehead atoms. The molecule has 1 aromatic heterocycles. The second-order valence-corrected chi connectivity index (χ2v) is 5.13. The third-order valence-electron chi connectivity index (χ3n) is 2.48. The predicted molar refractivity (Wildman–Crippen MR) is 67.4 cm³/mol. The van der Waals surface area contributed by atoms with Gasteiger partial charge < -0.3 is 5.32 Å². The molecule has 0 aliphatic rings. The molecule has 3 nitrogen and oxygen atoms in total. The van der Waals surface area contributed by atoms with Crippen LogP contribution in [0.1, 0.15) is 18.9 Å². The van der Waals surface area contributed by atoms with E-state index in [2.05, 4.69) is 29.8 Å². The maximum Gasteiger partial charge on any atom is 0.0522 e. The van der Waals surface area contributed by atoms with Crippen LogP contribution in [0.25, 0.3) is 0 Å². The van der Waals surface area contributed by atoms with E-state index in [-0.39, 0.29) is 0 Å². The van der Waals surface area contributed by atoms with E-state index in [1.807, 2.05) is 29.7 Å². The molecular weight excluding hydrogens is 206 g/mol. The number of nitrogens with one attached hydrogen (secondary N) is 1. The van der Waals surface area contributed by atoms with E-state index in [1.54, 1.807) is 0 Å². The highest BCUT2D eigenvalue weighted by molar-refractivity contribution is 7.99. The number of nitrogens with zero attached hydrogens (tertiary/aromatic N) is 2. The number of hydrogen-bond donors (Lipinski definition) is 1. The van der Waals surface area contributed by atoms with Gasteiger partial charge in [-0.1, -0.05) is 6.92 Å². The summed E-state index contributed by atoms with van der Waals surface area (Å²) in [4.78, 5) is 0. The largest absolute Gasteiger partial charge is 0.316 e. The Morgan fingerprint density at radius 1 is 1.53 bits per heavy atom. The van der Waals surface area contributed by atoms with Gasteiger partial charge in [0.1, 0.15) is 0 Å². The molecule has 0 spiro atoms. The van der Waals surface area contributed by atoms with Crippen molar-refractivity contribution < 1.29 is 0 Å². The van der Waals surface area contributed by atoms with Crippen LogP contribution in [0.4, 0.5) is 0 Å². The normalized spacial score (nSPS) is 13.0. The minimum atomic E-state index is 0.760. The van der Waals surface area contributed by atoms with Crippen LogP contribution < -0.4 is 5.32 Å². The van der Waals surface area contributed by atoms with E-state index >= 15 is 0 Å². The van der Waals surface area contributed by atoms with Gasteiger partial charge in [0.2, 0.25) is 0 Å². The van der Waals surface area contributed by atoms with Gasteiger partial charge in [-0.3, -0.25) is 4.68 Å². The van der Waals surface area contributed by atoms with E-state index in [4.69, 9.17) is 0 Å². The molecule has 1 aromatic rings. The van der Waals surface area contributed by atoms with Gasteiger partial charge in [-0.2, -0.15) is 16.9 Å². The topological polar surface area (TPSA) is 29.9 Å². The first kappa shape index (κ1) is 12.6. The van der Waals surface area contributed by atoms with Gasteiger partial charge in [0.25, 0.3) is 0 Å². The van der Waals surface area contributed by atoms with Crippen molar-refractivity contribution >= 4 is 11.8 Å². The fourth-order valence-corrected chi connectivity index (χ4v) is 1.74. The Morgan fingerprint density at radius 2 is 2.33 bits per heavy atom. The first-order chi connectivity index (χ1) is 7.22.